The topological polar surface area (TPSA) is 71.3 Å². The number of carbonyl (C=O) groups excluding carboxylic acids is 1. The molecule has 4 heterocycles. The minimum absolute atomic E-state index is 0.125. The summed E-state index contributed by atoms with van der Waals surface area (Å²) in [6.07, 6.45) is 7.06. The molecule has 2 aliphatic rings. The van der Waals surface area contributed by atoms with Crippen LogP contribution in [0.1, 0.15) is 52.7 Å². The maximum Gasteiger partial charge on any atom is 0.227 e. The first-order chi connectivity index (χ1) is 14.1. The number of hydrogen-bond donors (Lipinski definition) is 1. The quantitative estimate of drug-likeness (QED) is 0.742. The molecule has 29 heavy (non-hydrogen) atoms. The zero-order chi connectivity index (χ0) is 20.0. The molecular weight excluding hydrogens is 364 g/mol. The van der Waals surface area contributed by atoms with E-state index >= 15 is 0 Å². The monoisotopic (exact) mass is 390 g/mol. The lowest BCUT2D eigenvalue weighted by atomic mass is 10.0. The maximum atomic E-state index is 13.0. The highest BCUT2D eigenvalue weighted by Crippen LogP contribution is 2.28. The van der Waals surface area contributed by atoms with Crippen molar-refractivity contribution in [2.75, 3.05) is 13.1 Å². The highest BCUT2D eigenvalue weighted by molar-refractivity contribution is 5.90. The van der Waals surface area contributed by atoms with E-state index in [1.165, 1.54) is 12.0 Å². The molecule has 0 saturated carbocycles. The minimum atomic E-state index is 0.125. The number of nitrogens with zero attached hydrogens (tertiary/aromatic N) is 3. The van der Waals surface area contributed by atoms with E-state index < -0.39 is 0 Å². The van der Waals surface area contributed by atoms with Gasteiger partial charge in [0.1, 0.15) is 11.4 Å². The number of aromatic nitrogens is 2. The number of benzene rings is 1. The zero-order valence-electron chi connectivity index (χ0n) is 17.0. The highest BCUT2D eigenvalue weighted by Gasteiger charge is 2.26. The average molecular weight is 390 g/mol. The van der Waals surface area contributed by atoms with E-state index in [9.17, 15) is 4.79 Å². The van der Waals surface area contributed by atoms with Gasteiger partial charge >= 0.3 is 0 Å². The van der Waals surface area contributed by atoms with E-state index in [2.05, 4.69) is 30.2 Å². The molecule has 5 rings (SSSR count). The van der Waals surface area contributed by atoms with Crippen molar-refractivity contribution in [1.82, 2.24) is 20.2 Å². The molecule has 0 aliphatic carbocycles. The Balaban J connectivity index is 1.32. The number of hydrogen-bond acceptors (Lipinski definition) is 5. The van der Waals surface area contributed by atoms with Gasteiger partial charge in [0.25, 0.3) is 0 Å². The molecule has 2 aromatic heterocycles. The van der Waals surface area contributed by atoms with E-state index in [0.717, 1.165) is 58.6 Å². The van der Waals surface area contributed by atoms with Crippen LogP contribution in [0.5, 0.6) is 0 Å². The van der Waals surface area contributed by atoms with E-state index in [1.54, 1.807) is 6.26 Å². The molecule has 1 N–H and O–H groups in total. The van der Waals surface area contributed by atoms with Gasteiger partial charge in [0.05, 0.1) is 24.4 Å². The van der Waals surface area contributed by atoms with Crippen LogP contribution in [0.25, 0.3) is 11.0 Å². The van der Waals surface area contributed by atoms with Crippen molar-refractivity contribution in [1.29, 1.82) is 0 Å². The fraction of sp³-hybridized carbons (Fsp3) is 0.435. The Morgan fingerprint density at radius 3 is 3.07 bits per heavy atom. The standard InChI is InChI=1S/C23H26N4O2/c1-14-8-15(2)22-16(13-29-20(22)9-14)10-21(28)27-7-5-18-17(12-27)11-25-23(26-18)19-4-3-6-24-19/h8-9,11,13,19,24H,3-7,10,12H2,1-2H3/t19-/m1/s1. The predicted octanol–water partition coefficient (Wildman–Crippen LogP) is 3.39. The van der Waals surface area contributed by atoms with E-state index in [1.807, 2.05) is 17.2 Å². The van der Waals surface area contributed by atoms with Crippen LogP contribution in [-0.2, 0) is 24.2 Å². The van der Waals surface area contributed by atoms with Gasteiger partial charge in [-0.05, 0) is 50.4 Å². The molecule has 0 spiro atoms. The highest BCUT2D eigenvalue weighted by atomic mass is 16.3. The molecule has 0 unspecified atom stereocenters. The summed E-state index contributed by atoms with van der Waals surface area (Å²) >= 11 is 0. The summed E-state index contributed by atoms with van der Waals surface area (Å²) in [5.74, 6) is 1.02. The lowest BCUT2D eigenvalue weighted by Gasteiger charge is -2.28. The van der Waals surface area contributed by atoms with E-state index in [0.29, 0.717) is 19.5 Å². The van der Waals surface area contributed by atoms with Gasteiger partial charge < -0.3 is 14.6 Å². The molecule has 1 atom stereocenters. The third-order valence-electron chi connectivity index (χ3n) is 6.11. The molecule has 0 radical (unpaired) electrons. The number of furan rings is 1. The van der Waals surface area contributed by atoms with Crippen molar-refractivity contribution in [3.63, 3.8) is 0 Å². The Bertz CT molecular complexity index is 1080. The fourth-order valence-electron chi connectivity index (χ4n) is 4.65. The summed E-state index contributed by atoms with van der Waals surface area (Å²) in [5, 5.41) is 4.52. The van der Waals surface area contributed by atoms with E-state index in [-0.39, 0.29) is 11.9 Å². The van der Waals surface area contributed by atoms with Crippen LogP contribution in [0.3, 0.4) is 0 Å². The van der Waals surface area contributed by atoms with Crippen LogP contribution in [0.15, 0.2) is 29.0 Å². The lowest BCUT2D eigenvalue weighted by molar-refractivity contribution is -0.131. The third-order valence-corrected chi connectivity index (χ3v) is 6.11. The second kappa shape index (κ2) is 7.26. The molecule has 150 valence electrons. The molecule has 1 fully saturated rings. The predicted molar refractivity (Wildman–Crippen MR) is 111 cm³/mol. The molecule has 0 bridgehead atoms. The first-order valence-corrected chi connectivity index (χ1v) is 10.4. The molecule has 1 amide bonds. The summed E-state index contributed by atoms with van der Waals surface area (Å²) in [6, 6.07) is 4.44. The van der Waals surface area contributed by atoms with Crippen molar-refractivity contribution in [3.8, 4) is 0 Å². The van der Waals surface area contributed by atoms with Crippen LogP contribution in [0.4, 0.5) is 0 Å². The van der Waals surface area contributed by atoms with Crippen LogP contribution in [0.2, 0.25) is 0 Å². The Morgan fingerprint density at radius 1 is 1.34 bits per heavy atom. The summed E-state index contributed by atoms with van der Waals surface area (Å²) < 4.78 is 5.72. The van der Waals surface area contributed by atoms with Gasteiger partial charge in [-0.3, -0.25) is 4.79 Å². The molecule has 1 aromatic carbocycles. The molecule has 1 saturated heterocycles. The molecule has 6 heteroatoms. The van der Waals surface area contributed by atoms with Gasteiger partial charge in [-0.1, -0.05) is 6.07 Å². The van der Waals surface area contributed by atoms with Crippen LogP contribution in [-0.4, -0.2) is 33.9 Å². The zero-order valence-corrected chi connectivity index (χ0v) is 17.0. The summed E-state index contributed by atoms with van der Waals surface area (Å²) in [4.78, 5) is 24.3. The number of amides is 1. The normalized spacial score (nSPS) is 19.0. The number of aryl methyl sites for hydroxylation is 2. The third kappa shape index (κ3) is 3.42. The Labute approximate surface area is 170 Å². The largest absolute Gasteiger partial charge is 0.464 e. The Kier molecular flexibility index (Phi) is 4.59. The van der Waals surface area contributed by atoms with Gasteiger partial charge in [0.2, 0.25) is 5.91 Å². The van der Waals surface area contributed by atoms with Crippen LogP contribution < -0.4 is 5.32 Å². The molecular formula is C23H26N4O2. The van der Waals surface area contributed by atoms with Gasteiger partial charge in [-0.15, -0.1) is 0 Å². The van der Waals surface area contributed by atoms with Gasteiger partial charge in [-0.2, -0.15) is 0 Å². The van der Waals surface area contributed by atoms with Crippen molar-refractivity contribution in [2.45, 2.75) is 52.1 Å². The van der Waals surface area contributed by atoms with E-state index in [4.69, 9.17) is 9.40 Å². The first kappa shape index (κ1) is 18.3. The summed E-state index contributed by atoms with van der Waals surface area (Å²) in [7, 11) is 0. The number of nitrogens with one attached hydrogen (secondary N) is 1. The fourth-order valence-corrected chi connectivity index (χ4v) is 4.65. The maximum absolute atomic E-state index is 13.0. The van der Waals surface area contributed by atoms with Gasteiger partial charge in [0.15, 0.2) is 0 Å². The van der Waals surface area contributed by atoms with Crippen molar-refractivity contribution in [2.24, 2.45) is 0 Å². The SMILES string of the molecule is Cc1cc(C)c2c(CC(=O)N3CCc4nc([C@H]5CCCN5)ncc4C3)coc2c1. The number of carbonyl (C=O) groups is 1. The van der Waals surface area contributed by atoms with Gasteiger partial charge in [0, 0.05) is 42.2 Å². The summed E-state index contributed by atoms with van der Waals surface area (Å²) in [5.41, 5.74) is 6.30. The Morgan fingerprint density at radius 2 is 2.24 bits per heavy atom. The average Bonchev–Trinajstić information content (AvgIpc) is 3.37. The minimum Gasteiger partial charge on any atom is -0.464 e. The summed E-state index contributed by atoms with van der Waals surface area (Å²) in [6.45, 7) is 6.45. The molecule has 6 nitrogen and oxygen atoms in total. The second-order valence-electron chi connectivity index (χ2n) is 8.31. The first-order valence-electron chi connectivity index (χ1n) is 10.4. The van der Waals surface area contributed by atoms with Crippen LogP contribution >= 0.6 is 0 Å². The molecule has 2 aliphatic heterocycles. The molecule has 3 aromatic rings. The van der Waals surface area contributed by atoms with Crippen molar-refractivity contribution >= 4 is 16.9 Å². The second-order valence-corrected chi connectivity index (χ2v) is 8.31. The van der Waals surface area contributed by atoms with Gasteiger partial charge in [-0.25, -0.2) is 9.97 Å². The lowest BCUT2D eigenvalue weighted by Crippen LogP contribution is -2.37. The van der Waals surface area contributed by atoms with Crippen molar-refractivity contribution in [3.05, 3.63) is 58.4 Å². The van der Waals surface area contributed by atoms with Crippen LogP contribution in [0, 0.1) is 13.8 Å². The number of fused-ring (bicyclic) bond motifs is 2. The smallest absolute Gasteiger partial charge is 0.227 e. The Hall–Kier alpha value is -2.73. The van der Waals surface area contributed by atoms with Crippen molar-refractivity contribution < 1.29 is 9.21 Å². The number of rotatable bonds is 3.